The van der Waals surface area contributed by atoms with Crippen molar-refractivity contribution in [3.8, 4) is 0 Å². The first-order chi connectivity index (χ1) is 8.40. The molecule has 0 amide bonds. The van der Waals surface area contributed by atoms with Crippen LogP contribution in [0.2, 0.25) is 0 Å². The van der Waals surface area contributed by atoms with Crippen molar-refractivity contribution >= 4 is 9.84 Å². The quantitative estimate of drug-likeness (QED) is 0.892. The molecule has 0 spiro atoms. The van der Waals surface area contributed by atoms with Crippen LogP contribution in [-0.2, 0) is 9.84 Å². The molecule has 0 saturated heterocycles. The standard InChI is InChI=1S/C14H19NO2S/c1-14(2)9-13(14)15-11-7-8-18(16,17)12-6-4-3-5-10(11)12/h3-6,11,13,15H,7-9H2,1-2H3. The van der Waals surface area contributed by atoms with Gasteiger partial charge in [-0.3, -0.25) is 0 Å². The van der Waals surface area contributed by atoms with Crippen molar-refractivity contribution in [2.45, 2.75) is 43.7 Å². The van der Waals surface area contributed by atoms with Crippen molar-refractivity contribution in [2.75, 3.05) is 5.75 Å². The fraction of sp³-hybridized carbons (Fsp3) is 0.571. The molecule has 98 valence electrons. The van der Waals surface area contributed by atoms with E-state index in [2.05, 4.69) is 19.2 Å². The Balaban J connectivity index is 1.91. The fourth-order valence-electron chi connectivity index (χ4n) is 2.76. The highest BCUT2D eigenvalue weighted by molar-refractivity contribution is 7.91. The molecule has 1 saturated carbocycles. The van der Waals surface area contributed by atoms with E-state index in [1.807, 2.05) is 12.1 Å². The first-order valence-corrected chi connectivity index (χ1v) is 8.13. The molecule has 0 bridgehead atoms. The summed E-state index contributed by atoms with van der Waals surface area (Å²) in [7, 11) is -3.06. The van der Waals surface area contributed by atoms with Crippen molar-refractivity contribution in [3.05, 3.63) is 29.8 Å². The second kappa shape index (κ2) is 3.81. The number of benzene rings is 1. The van der Waals surface area contributed by atoms with Gasteiger partial charge in [-0.1, -0.05) is 32.0 Å². The SMILES string of the molecule is CC1(C)CC1NC1CCS(=O)(=O)c2ccccc21. The van der Waals surface area contributed by atoms with E-state index in [0.29, 0.717) is 22.8 Å². The third-order valence-corrected chi connectivity index (χ3v) is 6.04. The van der Waals surface area contributed by atoms with Crippen LogP contribution in [0.25, 0.3) is 0 Å². The number of rotatable bonds is 2. The molecule has 1 N–H and O–H groups in total. The van der Waals surface area contributed by atoms with Crippen molar-refractivity contribution in [2.24, 2.45) is 5.41 Å². The molecule has 2 atom stereocenters. The Kier molecular flexibility index (Phi) is 2.58. The summed E-state index contributed by atoms with van der Waals surface area (Å²) in [5.74, 6) is 0.259. The van der Waals surface area contributed by atoms with E-state index >= 15 is 0 Å². The Morgan fingerprint density at radius 2 is 1.94 bits per heavy atom. The molecular formula is C14H19NO2S. The number of sulfone groups is 1. The van der Waals surface area contributed by atoms with Gasteiger partial charge in [0.25, 0.3) is 0 Å². The topological polar surface area (TPSA) is 46.2 Å². The van der Waals surface area contributed by atoms with Crippen LogP contribution in [0.1, 0.15) is 38.3 Å². The lowest BCUT2D eigenvalue weighted by Crippen LogP contribution is -2.32. The molecule has 2 unspecified atom stereocenters. The molecule has 0 radical (unpaired) electrons. The number of nitrogens with one attached hydrogen (secondary N) is 1. The largest absolute Gasteiger partial charge is 0.307 e. The van der Waals surface area contributed by atoms with E-state index in [1.54, 1.807) is 12.1 Å². The van der Waals surface area contributed by atoms with Crippen LogP contribution in [0.15, 0.2) is 29.2 Å². The van der Waals surface area contributed by atoms with E-state index in [-0.39, 0.29) is 11.8 Å². The first kappa shape index (κ1) is 12.2. The van der Waals surface area contributed by atoms with Crippen LogP contribution >= 0.6 is 0 Å². The summed E-state index contributed by atoms with van der Waals surface area (Å²) < 4.78 is 24.0. The molecule has 4 heteroatoms. The van der Waals surface area contributed by atoms with Crippen molar-refractivity contribution in [1.82, 2.24) is 5.32 Å². The lowest BCUT2D eigenvalue weighted by Gasteiger charge is -2.27. The maximum Gasteiger partial charge on any atom is 0.178 e. The summed E-state index contributed by atoms with van der Waals surface area (Å²) in [5, 5.41) is 3.61. The molecule has 1 aliphatic carbocycles. The van der Waals surface area contributed by atoms with Crippen LogP contribution < -0.4 is 5.32 Å². The maximum absolute atomic E-state index is 12.0. The van der Waals surface area contributed by atoms with Gasteiger partial charge in [-0.25, -0.2) is 8.42 Å². The van der Waals surface area contributed by atoms with Gasteiger partial charge >= 0.3 is 0 Å². The highest BCUT2D eigenvalue weighted by Crippen LogP contribution is 2.46. The average Bonchev–Trinajstić information content (AvgIpc) is 2.91. The van der Waals surface area contributed by atoms with Crippen LogP contribution in [-0.4, -0.2) is 20.2 Å². The van der Waals surface area contributed by atoms with Gasteiger partial charge in [0.05, 0.1) is 10.6 Å². The van der Waals surface area contributed by atoms with Crippen molar-refractivity contribution in [1.29, 1.82) is 0 Å². The fourth-order valence-corrected chi connectivity index (χ4v) is 4.38. The van der Waals surface area contributed by atoms with Crippen LogP contribution in [0, 0.1) is 5.41 Å². The van der Waals surface area contributed by atoms with Gasteiger partial charge in [-0.2, -0.15) is 0 Å². The molecule has 3 rings (SSSR count). The van der Waals surface area contributed by atoms with Gasteiger partial charge in [0.2, 0.25) is 0 Å². The molecule has 2 aliphatic rings. The van der Waals surface area contributed by atoms with Gasteiger partial charge in [0, 0.05) is 12.1 Å². The maximum atomic E-state index is 12.0. The number of hydrogen-bond acceptors (Lipinski definition) is 3. The third-order valence-electron chi connectivity index (χ3n) is 4.22. The highest BCUT2D eigenvalue weighted by atomic mass is 32.2. The predicted molar refractivity (Wildman–Crippen MR) is 71.2 cm³/mol. The Hall–Kier alpha value is -0.870. The molecular weight excluding hydrogens is 246 g/mol. The lowest BCUT2D eigenvalue weighted by molar-refractivity contribution is 0.448. The summed E-state index contributed by atoms with van der Waals surface area (Å²) >= 11 is 0. The lowest BCUT2D eigenvalue weighted by atomic mass is 10.0. The monoisotopic (exact) mass is 265 g/mol. The minimum atomic E-state index is -3.06. The molecule has 1 aromatic rings. The molecule has 1 aliphatic heterocycles. The van der Waals surface area contributed by atoms with Gasteiger partial charge in [-0.15, -0.1) is 0 Å². The highest BCUT2D eigenvalue weighted by Gasteiger charge is 2.47. The summed E-state index contributed by atoms with van der Waals surface area (Å²) in [6.07, 6.45) is 1.87. The van der Waals surface area contributed by atoms with E-state index in [4.69, 9.17) is 0 Å². The van der Waals surface area contributed by atoms with Crippen LogP contribution in [0.5, 0.6) is 0 Å². The van der Waals surface area contributed by atoms with Gasteiger partial charge in [-0.05, 0) is 29.9 Å². The van der Waals surface area contributed by atoms with Gasteiger partial charge in [0.15, 0.2) is 9.84 Å². The van der Waals surface area contributed by atoms with E-state index in [0.717, 1.165) is 5.56 Å². The third kappa shape index (κ3) is 1.97. The minimum absolute atomic E-state index is 0.191. The Labute approximate surface area is 109 Å². The zero-order chi connectivity index (χ0) is 13.0. The minimum Gasteiger partial charge on any atom is -0.307 e. The van der Waals surface area contributed by atoms with E-state index in [1.165, 1.54) is 6.42 Å². The Morgan fingerprint density at radius 1 is 1.28 bits per heavy atom. The van der Waals surface area contributed by atoms with Crippen LogP contribution in [0.4, 0.5) is 0 Å². The zero-order valence-electron chi connectivity index (χ0n) is 10.8. The van der Waals surface area contributed by atoms with Gasteiger partial charge < -0.3 is 5.32 Å². The predicted octanol–water partition coefficient (Wildman–Crippen LogP) is 2.29. The molecule has 0 aromatic heterocycles. The van der Waals surface area contributed by atoms with E-state index in [9.17, 15) is 8.42 Å². The first-order valence-electron chi connectivity index (χ1n) is 6.48. The number of fused-ring (bicyclic) bond motifs is 1. The molecule has 1 fully saturated rings. The Morgan fingerprint density at radius 3 is 2.61 bits per heavy atom. The summed E-state index contributed by atoms with van der Waals surface area (Å²) in [4.78, 5) is 0.521. The van der Waals surface area contributed by atoms with Crippen molar-refractivity contribution in [3.63, 3.8) is 0 Å². The summed E-state index contributed by atoms with van der Waals surface area (Å²) in [5.41, 5.74) is 1.32. The summed E-state index contributed by atoms with van der Waals surface area (Å²) in [6.45, 7) is 4.49. The van der Waals surface area contributed by atoms with Crippen LogP contribution in [0.3, 0.4) is 0 Å². The smallest absolute Gasteiger partial charge is 0.178 e. The average molecular weight is 265 g/mol. The molecule has 1 aromatic carbocycles. The molecule has 3 nitrogen and oxygen atoms in total. The summed E-state index contributed by atoms with van der Waals surface area (Å²) in [6, 6.07) is 8.12. The normalized spacial score (nSPS) is 31.7. The van der Waals surface area contributed by atoms with E-state index < -0.39 is 9.84 Å². The zero-order valence-corrected chi connectivity index (χ0v) is 11.6. The molecule has 18 heavy (non-hydrogen) atoms. The second-order valence-electron chi connectivity index (χ2n) is 6.11. The molecule has 1 heterocycles. The Bertz CT molecular complexity index is 577. The second-order valence-corrected chi connectivity index (χ2v) is 8.19. The van der Waals surface area contributed by atoms with Crippen molar-refractivity contribution < 1.29 is 8.42 Å². The van der Waals surface area contributed by atoms with Gasteiger partial charge in [0.1, 0.15) is 0 Å². The number of hydrogen-bond donors (Lipinski definition) is 1.